The van der Waals surface area contributed by atoms with Crippen molar-refractivity contribution in [3.63, 3.8) is 0 Å². The molecular formula is C11H18IN3O2. The zero-order chi connectivity index (χ0) is 12.7. The number of ether oxygens (including phenoxy) is 2. The molecule has 6 heteroatoms. The summed E-state index contributed by atoms with van der Waals surface area (Å²) < 4.78 is 11.2. The number of hydrogen-bond acceptors (Lipinski definition) is 5. The molecule has 0 atom stereocenters. The SMILES string of the molecule is CCCNc1nc(COC)nc(COC)c1I. The van der Waals surface area contributed by atoms with E-state index in [1.807, 2.05) is 0 Å². The molecule has 1 heterocycles. The van der Waals surface area contributed by atoms with Crippen LogP contribution < -0.4 is 5.32 Å². The lowest BCUT2D eigenvalue weighted by atomic mass is 10.3. The molecule has 5 nitrogen and oxygen atoms in total. The number of halogens is 1. The minimum absolute atomic E-state index is 0.411. The quantitative estimate of drug-likeness (QED) is 0.764. The van der Waals surface area contributed by atoms with Crippen LogP contribution in [-0.2, 0) is 22.7 Å². The molecule has 96 valence electrons. The van der Waals surface area contributed by atoms with Crippen molar-refractivity contribution in [2.24, 2.45) is 0 Å². The second-order valence-electron chi connectivity index (χ2n) is 3.54. The predicted molar refractivity (Wildman–Crippen MR) is 75.0 cm³/mol. The molecule has 1 aromatic heterocycles. The van der Waals surface area contributed by atoms with Crippen LogP contribution in [0.15, 0.2) is 0 Å². The first kappa shape index (κ1) is 14.6. The van der Waals surface area contributed by atoms with Crippen molar-refractivity contribution in [1.29, 1.82) is 0 Å². The first-order chi connectivity index (χ1) is 8.22. The lowest BCUT2D eigenvalue weighted by Gasteiger charge is -2.12. The third-order valence-electron chi connectivity index (χ3n) is 2.06. The van der Waals surface area contributed by atoms with Gasteiger partial charge in [0.1, 0.15) is 12.4 Å². The van der Waals surface area contributed by atoms with Crippen LogP contribution in [0, 0.1) is 3.57 Å². The highest BCUT2D eigenvalue weighted by Gasteiger charge is 2.11. The van der Waals surface area contributed by atoms with Crippen molar-refractivity contribution in [1.82, 2.24) is 9.97 Å². The molecule has 0 fully saturated rings. The van der Waals surface area contributed by atoms with Gasteiger partial charge in [0.25, 0.3) is 0 Å². The molecular weight excluding hydrogens is 333 g/mol. The Balaban J connectivity index is 2.99. The lowest BCUT2D eigenvalue weighted by molar-refractivity contribution is 0.170. The van der Waals surface area contributed by atoms with E-state index in [2.05, 4.69) is 44.8 Å². The largest absolute Gasteiger partial charge is 0.378 e. The fraction of sp³-hybridized carbons (Fsp3) is 0.636. The molecule has 0 bridgehead atoms. The maximum Gasteiger partial charge on any atom is 0.156 e. The van der Waals surface area contributed by atoms with Crippen LogP contribution in [0.4, 0.5) is 5.82 Å². The van der Waals surface area contributed by atoms with E-state index in [1.165, 1.54) is 0 Å². The van der Waals surface area contributed by atoms with Gasteiger partial charge >= 0.3 is 0 Å². The normalized spacial score (nSPS) is 10.6. The smallest absolute Gasteiger partial charge is 0.156 e. The molecule has 0 aromatic carbocycles. The van der Waals surface area contributed by atoms with Crippen molar-refractivity contribution in [2.45, 2.75) is 26.6 Å². The van der Waals surface area contributed by atoms with E-state index >= 15 is 0 Å². The predicted octanol–water partition coefficient (Wildman–Crippen LogP) is 2.20. The van der Waals surface area contributed by atoms with Gasteiger partial charge in [-0.2, -0.15) is 0 Å². The second kappa shape index (κ2) is 7.78. The second-order valence-corrected chi connectivity index (χ2v) is 4.62. The van der Waals surface area contributed by atoms with E-state index in [-0.39, 0.29) is 0 Å². The number of anilines is 1. The van der Waals surface area contributed by atoms with Crippen LogP contribution in [-0.4, -0.2) is 30.7 Å². The summed E-state index contributed by atoms with van der Waals surface area (Å²) in [5, 5.41) is 3.29. The van der Waals surface area contributed by atoms with E-state index in [0.717, 1.165) is 28.0 Å². The van der Waals surface area contributed by atoms with Crippen LogP contribution in [0.3, 0.4) is 0 Å². The van der Waals surface area contributed by atoms with E-state index < -0.39 is 0 Å². The molecule has 17 heavy (non-hydrogen) atoms. The zero-order valence-electron chi connectivity index (χ0n) is 10.4. The molecule has 0 unspecified atom stereocenters. The molecule has 0 spiro atoms. The van der Waals surface area contributed by atoms with E-state index in [9.17, 15) is 0 Å². The van der Waals surface area contributed by atoms with Gasteiger partial charge in [-0.3, -0.25) is 0 Å². The number of methoxy groups -OCH3 is 2. The summed E-state index contributed by atoms with van der Waals surface area (Å²) in [6.07, 6.45) is 1.05. The molecule has 1 rings (SSSR count). The first-order valence-electron chi connectivity index (χ1n) is 5.50. The van der Waals surface area contributed by atoms with Crippen molar-refractivity contribution in [3.05, 3.63) is 15.1 Å². The fourth-order valence-corrected chi connectivity index (χ4v) is 1.92. The van der Waals surface area contributed by atoms with Crippen LogP contribution in [0.2, 0.25) is 0 Å². The van der Waals surface area contributed by atoms with Gasteiger partial charge in [0.15, 0.2) is 5.82 Å². The minimum Gasteiger partial charge on any atom is -0.378 e. The average molecular weight is 351 g/mol. The van der Waals surface area contributed by atoms with Crippen LogP contribution in [0.1, 0.15) is 24.9 Å². The Labute approximate surface area is 115 Å². The zero-order valence-corrected chi connectivity index (χ0v) is 12.6. The van der Waals surface area contributed by atoms with Gasteiger partial charge in [0.05, 0.1) is 15.9 Å². The van der Waals surface area contributed by atoms with Crippen LogP contribution >= 0.6 is 22.6 Å². The number of nitrogens with one attached hydrogen (secondary N) is 1. The van der Waals surface area contributed by atoms with Gasteiger partial charge in [-0.05, 0) is 29.0 Å². The summed E-state index contributed by atoms with van der Waals surface area (Å²) in [6.45, 7) is 3.91. The molecule has 0 aliphatic rings. The third-order valence-corrected chi connectivity index (χ3v) is 3.20. The number of nitrogens with zero attached hydrogens (tertiary/aromatic N) is 2. The Kier molecular flexibility index (Phi) is 6.68. The van der Waals surface area contributed by atoms with Gasteiger partial charge in [-0.25, -0.2) is 9.97 Å². The molecule has 0 saturated carbocycles. The van der Waals surface area contributed by atoms with Crippen LogP contribution in [0.5, 0.6) is 0 Å². The lowest BCUT2D eigenvalue weighted by Crippen LogP contribution is -2.11. The van der Waals surface area contributed by atoms with E-state index in [4.69, 9.17) is 9.47 Å². The summed E-state index contributed by atoms with van der Waals surface area (Å²) >= 11 is 2.24. The first-order valence-corrected chi connectivity index (χ1v) is 6.57. The number of rotatable bonds is 7. The monoisotopic (exact) mass is 351 g/mol. The van der Waals surface area contributed by atoms with Crippen LogP contribution in [0.25, 0.3) is 0 Å². The Hall–Kier alpha value is -0.470. The maximum atomic E-state index is 5.14. The molecule has 1 N–H and O–H groups in total. The Morgan fingerprint density at radius 1 is 1.18 bits per heavy atom. The summed E-state index contributed by atoms with van der Waals surface area (Å²) in [4.78, 5) is 8.84. The van der Waals surface area contributed by atoms with Crippen molar-refractivity contribution in [2.75, 3.05) is 26.1 Å². The third kappa shape index (κ3) is 4.36. The number of aromatic nitrogens is 2. The van der Waals surface area contributed by atoms with Gasteiger partial charge in [0.2, 0.25) is 0 Å². The Bertz CT molecular complexity index is 361. The van der Waals surface area contributed by atoms with E-state index in [1.54, 1.807) is 14.2 Å². The summed E-state index contributed by atoms with van der Waals surface area (Å²) in [5.41, 5.74) is 0.897. The Morgan fingerprint density at radius 2 is 1.88 bits per heavy atom. The van der Waals surface area contributed by atoms with Gasteiger partial charge in [0, 0.05) is 20.8 Å². The molecule has 0 aliphatic heterocycles. The number of hydrogen-bond donors (Lipinski definition) is 1. The molecule has 1 aromatic rings. The van der Waals surface area contributed by atoms with Crippen molar-refractivity contribution in [3.8, 4) is 0 Å². The average Bonchev–Trinajstić information content (AvgIpc) is 2.32. The maximum absolute atomic E-state index is 5.14. The van der Waals surface area contributed by atoms with Crippen molar-refractivity contribution >= 4 is 28.4 Å². The topological polar surface area (TPSA) is 56.3 Å². The van der Waals surface area contributed by atoms with Gasteiger partial charge in [-0.15, -0.1) is 0 Å². The highest BCUT2D eigenvalue weighted by molar-refractivity contribution is 14.1. The minimum atomic E-state index is 0.411. The summed E-state index contributed by atoms with van der Waals surface area (Å²) in [7, 11) is 3.30. The van der Waals surface area contributed by atoms with Gasteiger partial charge in [-0.1, -0.05) is 6.92 Å². The summed E-state index contributed by atoms with van der Waals surface area (Å²) in [6, 6.07) is 0. The van der Waals surface area contributed by atoms with Gasteiger partial charge < -0.3 is 14.8 Å². The molecule has 0 radical (unpaired) electrons. The fourth-order valence-electron chi connectivity index (χ4n) is 1.33. The standard InChI is InChI=1S/C11H18IN3O2/c1-4-5-13-11-10(12)8(6-16-2)14-9(15-11)7-17-3/h4-7H2,1-3H3,(H,13,14,15). The Morgan fingerprint density at radius 3 is 2.47 bits per heavy atom. The van der Waals surface area contributed by atoms with E-state index in [0.29, 0.717) is 19.0 Å². The highest BCUT2D eigenvalue weighted by Crippen LogP contribution is 2.20. The summed E-state index contributed by atoms with van der Waals surface area (Å²) in [5.74, 6) is 1.54. The molecule has 0 aliphatic carbocycles. The molecule has 0 saturated heterocycles. The molecule has 0 amide bonds. The highest BCUT2D eigenvalue weighted by atomic mass is 127. The van der Waals surface area contributed by atoms with Crippen molar-refractivity contribution < 1.29 is 9.47 Å².